The quantitative estimate of drug-likeness (QED) is 0.628. The Morgan fingerprint density at radius 1 is 1.26 bits per heavy atom. The molecule has 19 heavy (non-hydrogen) atoms. The van der Waals surface area contributed by atoms with Crippen molar-refractivity contribution in [3.05, 3.63) is 56.2 Å². The lowest BCUT2D eigenvalue weighted by atomic mass is 10.1. The Labute approximate surface area is 118 Å². The Hall–Kier alpha value is -1.95. The van der Waals surface area contributed by atoms with Crippen LogP contribution in [0.4, 0.5) is 5.69 Å². The molecule has 1 aromatic heterocycles. The highest BCUT2D eigenvalue weighted by molar-refractivity contribution is 9.10. The molecule has 0 radical (unpaired) electrons. The first kappa shape index (κ1) is 13.5. The second-order valence-corrected chi connectivity index (χ2v) is 5.00. The first-order valence-electron chi connectivity index (χ1n) is 5.52. The maximum atomic E-state index is 10.9. The molecule has 0 aliphatic rings. The van der Waals surface area contributed by atoms with Crippen molar-refractivity contribution < 1.29 is 9.66 Å². The molecule has 0 aliphatic heterocycles. The molecule has 98 valence electrons. The van der Waals surface area contributed by atoms with Crippen LogP contribution >= 0.6 is 15.9 Å². The third kappa shape index (κ3) is 3.08. The summed E-state index contributed by atoms with van der Waals surface area (Å²) in [6, 6.07) is 6.84. The molecular formula is C13H11BrN2O3. The smallest absolute Gasteiger partial charge is 0.332 e. The number of aryl methyl sites for hydroxylation is 2. The van der Waals surface area contributed by atoms with Gasteiger partial charge in [0.25, 0.3) is 5.88 Å². The highest BCUT2D eigenvalue weighted by Gasteiger charge is 2.18. The van der Waals surface area contributed by atoms with Gasteiger partial charge in [-0.1, -0.05) is 6.07 Å². The summed E-state index contributed by atoms with van der Waals surface area (Å²) in [5, 5.41) is 10.9. The van der Waals surface area contributed by atoms with E-state index in [2.05, 4.69) is 20.9 Å². The Kier molecular flexibility index (Phi) is 3.80. The molecule has 0 saturated carbocycles. The predicted molar refractivity (Wildman–Crippen MR) is 74.6 cm³/mol. The van der Waals surface area contributed by atoms with Gasteiger partial charge in [0.05, 0.1) is 4.92 Å². The van der Waals surface area contributed by atoms with Crippen molar-refractivity contribution in [3.63, 3.8) is 0 Å². The van der Waals surface area contributed by atoms with E-state index >= 15 is 0 Å². The third-order valence-corrected chi connectivity index (χ3v) is 3.12. The van der Waals surface area contributed by atoms with Gasteiger partial charge in [-0.15, -0.1) is 0 Å². The van der Waals surface area contributed by atoms with Gasteiger partial charge in [0, 0.05) is 16.7 Å². The van der Waals surface area contributed by atoms with Crippen molar-refractivity contribution in [3.8, 4) is 11.6 Å². The van der Waals surface area contributed by atoms with Crippen molar-refractivity contribution >= 4 is 21.6 Å². The van der Waals surface area contributed by atoms with E-state index in [0.717, 1.165) is 11.1 Å². The Morgan fingerprint density at radius 2 is 2.00 bits per heavy atom. The van der Waals surface area contributed by atoms with Crippen LogP contribution in [0.2, 0.25) is 0 Å². The van der Waals surface area contributed by atoms with Crippen molar-refractivity contribution in [1.82, 2.24) is 4.98 Å². The fourth-order valence-electron chi connectivity index (χ4n) is 1.51. The number of nitrogens with zero attached hydrogens (tertiary/aromatic N) is 2. The number of ether oxygens (including phenoxy) is 1. The van der Waals surface area contributed by atoms with Crippen molar-refractivity contribution in [2.24, 2.45) is 0 Å². The molecule has 0 fully saturated rings. The van der Waals surface area contributed by atoms with Crippen LogP contribution in [0, 0.1) is 24.0 Å². The topological polar surface area (TPSA) is 65.3 Å². The number of hydrogen-bond acceptors (Lipinski definition) is 4. The number of rotatable bonds is 3. The largest absolute Gasteiger partial charge is 0.434 e. The van der Waals surface area contributed by atoms with Crippen LogP contribution in [0.25, 0.3) is 0 Å². The maximum absolute atomic E-state index is 10.9. The van der Waals surface area contributed by atoms with E-state index in [4.69, 9.17) is 4.74 Å². The van der Waals surface area contributed by atoms with E-state index < -0.39 is 4.92 Å². The minimum absolute atomic E-state index is 0.0172. The molecule has 0 atom stereocenters. The van der Waals surface area contributed by atoms with Crippen LogP contribution in [0.1, 0.15) is 11.1 Å². The summed E-state index contributed by atoms with van der Waals surface area (Å²) in [6.07, 6.45) is 1.46. The monoisotopic (exact) mass is 322 g/mol. The first-order valence-corrected chi connectivity index (χ1v) is 6.31. The van der Waals surface area contributed by atoms with E-state index in [1.807, 2.05) is 26.0 Å². The number of halogens is 1. The molecule has 2 aromatic rings. The van der Waals surface area contributed by atoms with Gasteiger partial charge in [-0.25, -0.2) is 4.98 Å². The fourth-order valence-corrected chi connectivity index (χ4v) is 1.83. The van der Waals surface area contributed by atoms with Crippen LogP contribution in [0.5, 0.6) is 11.6 Å². The number of pyridine rings is 1. The zero-order chi connectivity index (χ0) is 14.0. The summed E-state index contributed by atoms with van der Waals surface area (Å²) < 4.78 is 6.02. The Morgan fingerprint density at radius 3 is 2.63 bits per heavy atom. The van der Waals surface area contributed by atoms with Gasteiger partial charge in [-0.05, 0) is 53.0 Å². The molecule has 1 heterocycles. The highest BCUT2D eigenvalue weighted by atomic mass is 79.9. The van der Waals surface area contributed by atoms with Gasteiger partial charge in [0.2, 0.25) is 0 Å². The average Bonchev–Trinajstić information content (AvgIpc) is 2.36. The molecule has 0 saturated heterocycles. The second-order valence-electron chi connectivity index (χ2n) is 4.08. The Bertz CT molecular complexity index is 644. The summed E-state index contributed by atoms with van der Waals surface area (Å²) in [6.45, 7) is 3.94. The molecule has 0 spiro atoms. The van der Waals surface area contributed by atoms with Gasteiger partial charge in [0.1, 0.15) is 5.75 Å². The molecular weight excluding hydrogens is 312 g/mol. The molecule has 2 rings (SSSR count). The van der Waals surface area contributed by atoms with Crippen LogP contribution < -0.4 is 4.74 Å². The molecule has 0 unspecified atom stereocenters. The van der Waals surface area contributed by atoms with Crippen LogP contribution in [0.15, 0.2) is 34.9 Å². The number of hydrogen-bond donors (Lipinski definition) is 0. The number of aromatic nitrogens is 1. The van der Waals surface area contributed by atoms with Crippen molar-refractivity contribution in [2.75, 3.05) is 0 Å². The SMILES string of the molecule is Cc1ccc(Oc2ncc(Br)cc2[N+](=O)[O-])cc1C. The van der Waals surface area contributed by atoms with E-state index in [1.54, 1.807) is 6.07 Å². The van der Waals surface area contributed by atoms with Gasteiger partial charge in [-0.3, -0.25) is 10.1 Å². The lowest BCUT2D eigenvalue weighted by molar-refractivity contribution is -0.386. The predicted octanol–water partition coefficient (Wildman–Crippen LogP) is 4.16. The lowest BCUT2D eigenvalue weighted by Crippen LogP contribution is -1.96. The van der Waals surface area contributed by atoms with E-state index in [-0.39, 0.29) is 11.6 Å². The van der Waals surface area contributed by atoms with E-state index in [9.17, 15) is 10.1 Å². The Balaban J connectivity index is 2.37. The summed E-state index contributed by atoms with van der Waals surface area (Å²) in [5.74, 6) is 0.512. The van der Waals surface area contributed by atoms with Gasteiger partial charge in [0.15, 0.2) is 0 Å². The zero-order valence-electron chi connectivity index (χ0n) is 10.4. The molecule has 0 aliphatic carbocycles. The lowest BCUT2D eigenvalue weighted by Gasteiger charge is -2.07. The normalized spacial score (nSPS) is 10.3. The summed E-state index contributed by atoms with van der Waals surface area (Å²) >= 11 is 3.15. The number of nitro groups is 1. The third-order valence-electron chi connectivity index (χ3n) is 2.69. The van der Waals surface area contributed by atoms with Crippen LogP contribution in [-0.2, 0) is 0 Å². The summed E-state index contributed by atoms with van der Waals surface area (Å²) in [7, 11) is 0. The standard InChI is InChI=1S/C13H11BrN2O3/c1-8-3-4-11(5-9(8)2)19-13-12(16(17)18)6-10(14)7-15-13/h3-7H,1-2H3. The van der Waals surface area contributed by atoms with Crippen molar-refractivity contribution in [2.45, 2.75) is 13.8 Å². The average molecular weight is 323 g/mol. The van der Waals surface area contributed by atoms with E-state index in [0.29, 0.717) is 10.2 Å². The summed E-state index contributed by atoms with van der Waals surface area (Å²) in [5.41, 5.74) is 2.01. The van der Waals surface area contributed by atoms with Crippen LogP contribution in [0.3, 0.4) is 0 Å². The molecule has 0 amide bonds. The molecule has 0 N–H and O–H groups in total. The fraction of sp³-hybridized carbons (Fsp3) is 0.154. The maximum Gasteiger partial charge on any atom is 0.332 e. The van der Waals surface area contributed by atoms with Crippen molar-refractivity contribution in [1.29, 1.82) is 0 Å². The number of benzene rings is 1. The first-order chi connectivity index (χ1) is 8.97. The highest BCUT2D eigenvalue weighted by Crippen LogP contribution is 2.31. The van der Waals surface area contributed by atoms with Gasteiger partial charge in [-0.2, -0.15) is 0 Å². The summed E-state index contributed by atoms with van der Waals surface area (Å²) in [4.78, 5) is 14.4. The van der Waals surface area contributed by atoms with E-state index in [1.165, 1.54) is 12.3 Å². The second kappa shape index (κ2) is 5.36. The molecule has 0 bridgehead atoms. The molecule has 6 heteroatoms. The molecule has 5 nitrogen and oxygen atoms in total. The zero-order valence-corrected chi connectivity index (χ0v) is 12.0. The minimum atomic E-state index is -0.520. The van der Waals surface area contributed by atoms with Gasteiger partial charge >= 0.3 is 5.69 Å². The van der Waals surface area contributed by atoms with Crippen LogP contribution in [-0.4, -0.2) is 9.91 Å². The minimum Gasteiger partial charge on any atom is -0.434 e. The molecule has 1 aromatic carbocycles. The van der Waals surface area contributed by atoms with Gasteiger partial charge < -0.3 is 4.74 Å².